The molecule has 0 amide bonds. The molecule has 6 nitrogen and oxygen atoms in total. The Morgan fingerprint density at radius 2 is 1.84 bits per heavy atom. The molecule has 3 aliphatic heterocycles. The molecule has 0 spiro atoms. The zero-order chi connectivity index (χ0) is 17.6. The molecule has 25 heavy (non-hydrogen) atoms. The van der Waals surface area contributed by atoms with Crippen LogP contribution in [0.3, 0.4) is 0 Å². The number of fused-ring (bicyclic) bond motifs is 1. The van der Waals surface area contributed by atoms with Crippen LogP contribution in [0.15, 0.2) is 30.0 Å². The molecule has 0 aliphatic carbocycles. The van der Waals surface area contributed by atoms with Crippen molar-refractivity contribution in [2.45, 2.75) is 39.2 Å². The van der Waals surface area contributed by atoms with Crippen molar-refractivity contribution >= 4 is 0 Å². The second-order valence-corrected chi connectivity index (χ2v) is 6.36. The standard InChI is InChI=1S/C17H23N3O3.C2H6/c21-20-11-14(13-3-5-18-6-4-13)15(19-20)9-12-1-2-16-17(10-12)23-8-7-22-16;1-2/h1-2,10-11,13,15,18-19,21H,3-9H2;1-2H3. The van der Waals surface area contributed by atoms with E-state index < -0.39 is 0 Å². The molecular formula is C19H29N3O3. The number of benzene rings is 1. The molecular weight excluding hydrogens is 318 g/mol. The minimum atomic E-state index is 0.130. The van der Waals surface area contributed by atoms with Gasteiger partial charge in [-0.2, -0.15) is 5.17 Å². The van der Waals surface area contributed by atoms with Gasteiger partial charge < -0.3 is 14.8 Å². The number of piperidine rings is 1. The van der Waals surface area contributed by atoms with E-state index in [4.69, 9.17) is 9.47 Å². The Balaban J connectivity index is 0.000000880. The predicted octanol–water partition coefficient (Wildman–Crippen LogP) is 2.49. The van der Waals surface area contributed by atoms with Crippen molar-refractivity contribution in [2.24, 2.45) is 5.92 Å². The van der Waals surface area contributed by atoms with Crippen LogP contribution in [-0.4, -0.2) is 42.7 Å². The van der Waals surface area contributed by atoms with Gasteiger partial charge in [0.05, 0.1) is 6.04 Å². The van der Waals surface area contributed by atoms with Gasteiger partial charge in [-0.25, -0.2) is 5.43 Å². The van der Waals surface area contributed by atoms with Gasteiger partial charge in [0, 0.05) is 6.20 Å². The molecule has 3 aliphatic rings. The van der Waals surface area contributed by atoms with E-state index in [1.54, 1.807) is 0 Å². The maximum absolute atomic E-state index is 9.86. The van der Waals surface area contributed by atoms with Crippen molar-refractivity contribution in [3.05, 3.63) is 35.5 Å². The number of ether oxygens (including phenoxy) is 2. The molecule has 0 saturated carbocycles. The van der Waals surface area contributed by atoms with Crippen molar-refractivity contribution in [1.29, 1.82) is 0 Å². The molecule has 138 valence electrons. The fourth-order valence-corrected chi connectivity index (χ4v) is 3.66. The summed E-state index contributed by atoms with van der Waals surface area (Å²) in [5.41, 5.74) is 5.61. The van der Waals surface area contributed by atoms with E-state index in [1.165, 1.54) is 11.1 Å². The first-order valence-corrected chi connectivity index (χ1v) is 9.35. The Hall–Kier alpha value is -1.76. The third kappa shape index (κ3) is 4.26. The van der Waals surface area contributed by atoms with Crippen molar-refractivity contribution in [3.63, 3.8) is 0 Å². The van der Waals surface area contributed by atoms with Crippen LogP contribution in [0.4, 0.5) is 0 Å². The Morgan fingerprint density at radius 1 is 1.12 bits per heavy atom. The SMILES string of the molecule is CC.ON1C=C(C2CCNCC2)C(Cc2ccc3c(c2)OCCO3)N1. The van der Waals surface area contributed by atoms with E-state index in [1.807, 2.05) is 26.1 Å². The Bertz CT molecular complexity index is 600. The van der Waals surface area contributed by atoms with Gasteiger partial charge in [0.1, 0.15) is 13.2 Å². The topological polar surface area (TPSA) is 66.0 Å². The fourth-order valence-electron chi connectivity index (χ4n) is 3.66. The molecule has 1 atom stereocenters. The lowest BCUT2D eigenvalue weighted by molar-refractivity contribution is -0.0839. The first-order chi connectivity index (χ1) is 12.3. The first kappa shape index (κ1) is 18.0. The van der Waals surface area contributed by atoms with Crippen LogP contribution in [0, 0.1) is 5.92 Å². The van der Waals surface area contributed by atoms with E-state index >= 15 is 0 Å². The normalized spacial score (nSPS) is 22.9. The van der Waals surface area contributed by atoms with Crippen molar-refractivity contribution in [3.8, 4) is 11.5 Å². The number of hydroxylamine groups is 1. The minimum absolute atomic E-state index is 0.130. The molecule has 1 aromatic rings. The van der Waals surface area contributed by atoms with Crippen LogP contribution in [-0.2, 0) is 6.42 Å². The number of hydrogen-bond acceptors (Lipinski definition) is 6. The van der Waals surface area contributed by atoms with Crippen LogP contribution >= 0.6 is 0 Å². The number of rotatable bonds is 3. The summed E-state index contributed by atoms with van der Waals surface area (Å²) in [5.74, 6) is 2.17. The monoisotopic (exact) mass is 347 g/mol. The van der Waals surface area contributed by atoms with Crippen LogP contribution in [0.1, 0.15) is 32.3 Å². The van der Waals surface area contributed by atoms with Gasteiger partial charge in [-0.3, -0.25) is 5.21 Å². The summed E-state index contributed by atoms with van der Waals surface area (Å²) >= 11 is 0. The smallest absolute Gasteiger partial charge is 0.161 e. The molecule has 4 rings (SSSR count). The van der Waals surface area contributed by atoms with Crippen LogP contribution in [0.25, 0.3) is 0 Å². The Kier molecular flexibility index (Phi) is 6.18. The summed E-state index contributed by atoms with van der Waals surface area (Å²) in [5, 5.41) is 14.4. The van der Waals surface area contributed by atoms with Crippen molar-refractivity contribution in [2.75, 3.05) is 26.3 Å². The highest BCUT2D eigenvalue weighted by Crippen LogP contribution is 2.33. The second-order valence-electron chi connectivity index (χ2n) is 6.36. The van der Waals surface area contributed by atoms with E-state index in [-0.39, 0.29) is 6.04 Å². The van der Waals surface area contributed by atoms with Crippen LogP contribution in [0.5, 0.6) is 11.5 Å². The molecule has 1 saturated heterocycles. The largest absolute Gasteiger partial charge is 0.486 e. The van der Waals surface area contributed by atoms with Gasteiger partial charge in [0.2, 0.25) is 0 Å². The Labute approximate surface area is 149 Å². The maximum atomic E-state index is 9.86. The van der Waals surface area contributed by atoms with Crippen molar-refractivity contribution in [1.82, 2.24) is 15.9 Å². The molecule has 3 heterocycles. The van der Waals surface area contributed by atoms with Gasteiger partial charge in [0.25, 0.3) is 0 Å². The molecule has 1 aromatic carbocycles. The number of hydrogen-bond donors (Lipinski definition) is 3. The average molecular weight is 347 g/mol. The predicted molar refractivity (Wildman–Crippen MR) is 96.7 cm³/mol. The summed E-state index contributed by atoms with van der Waals surface area (Å²) in [6.45, 7) is 7.30. The van der Waals surface area contributed by atoms with Gasteiger partial charge in [-0.1, -0.05) is 19.9 Å². The second kappa shape index (κ2) is 8.56. The molecule has 6 heteroatoms. The van der Waals surface area contributed by atoms with Gasteiger partial charge >= 0.3 is 0 Å². The van der Waals surface area contributed by atoms with Gasteiger partial charge in [-0.15, -0.1) is 0 Å². The summed E-state index contributed by atoms with van der Waals surface area (Å²) in [6.07, 6.45) is 4.92. The number of nitrogens with zero attached hydrogens (tertiary/aromatic N) is 1. The third-order valence-corrected chi connectivity index (χ3v) is 4.82. The molecule has 1 unspecified atom stereocenters. The molecule has 3 N–H and O–H groups in total. The maximum Gasteiger partial charge on any atom is 0.161 e. The lowest BCUT2D eigenvalue weighted by Crippen LogP contribution is -2.38. The molecule has 0 radical (unpaired) electrons. The summed E-state index contributed by atoms with van der Waals surface area (Å²) < 4.78 is 11.2. The molecule has 0 aromatic heterocycles. The number of nitrogens with one attached hydrogen (secondary N) is 2. The first-order valence-electron chi connectivity index (χ1n) is 9.35. The average Bonchev–Trinajstić information content (AvgIpc) is 3.04. The van der Waals surface area contributed by atoms with Crippen LogP contribution in [0.2, 0.25) is 0 Å². The zero-order valence-electron chi connectivity index (χ0n) is 15.1. The minimum Gasteiger partial charge on any atom is -0.486 e. The lowest BCUT2D eigenvalue weighted by atomic mass is 9.85. The van der Waals surface area contributed by atoms with Crippen LogP contribution < -0.4 is 20.2 Å². The summed E-state index contributed by atoms with van der Waals surface area (Å²) in [6, 6.07) is 6.24. The van der Waals surface area contributed by atoms with E-state index in [2.05, 4.69) is 22.9 Å². The zero-order valence-corrected chi connectivity index (χ0v) is 15.1. The Morgan fingerprint density at radius 3 is 2.60 bits per heavy atom. The van der Waals surface area contributed by atoms with Crippen molar-refractivity contribution < 1.29 is 14.7 Å². The fraction of sp³-hybridized carbons (Fsp3) is 0.579. The highest BCUT2D eigenvalue weighted by atomic mass is 16.6. The molecule has 0 bridgehead atoms. The van der Waals surface area contributed by atoms with E-state index in [9.17, 15) is 5.21 Å². The number of hydrazine groups is 1. The lowest BCUT2D eigenvalue weighted by Gasteiger charge is -2.27. The van der Waals surface area contributed by atoms with E-state index in [0.717, 1.165) is 49.0 Å². The highest BCUT2D eigenvalue weighted by Gasteiger charge is 2.30. The molecule has 1 fully saturated rings. The quantitative estimate of drug-likeness (QED) is 0.781. The summed E-state index contributed by atoms with van der Waals surface area (Å²) in [7, 11) is 0. The van der Waals surface area contributed by atoms with E-state index in [0.29, 0.717) is 19.1 Å². The summed E-state index contributed by atoms with van der Waals surface area (Å²) in [4.78, 5) is 0. The third-order valence-electron chi connectivity index (χ3n) is 4.82. The van der Waals surface area contributed by atoms with Gasteiger partial charge in [-0.05, 0) is 61.5 Å². The van der Waals surface area contributed by atoms with Gasteiger partial charge in [0.15, 0.2) is 11.5 Å². The highest BCUT2D eigenvalue weighted by molar-refractivity contribution is 5.44.